The van der Waals surface area contributed by atoms with E-state index < -0.39 is 0 Å². The zero-order valence-corrected chi connectivity index (χ0v) is 11.2. The number of rotatable bonds is 5. The van der Waals surface area contributed by atoms with Crippen LogP contribution in [0, 0.1) is 5.92 Å². The molecule has 1 rings (SSSR count). The fourth-order valence-corrected chi connectivity index (χ4v) is 2.56. The summed E-state index contributed by atoms with van der Waals surface area (Å²) in [5, 5.41) is 3.21. The molecule has 16 heavy (non-hydrogen) atoms. The third-order valence-electron chi connectivity index (χ3n) is 3.54. The first-order valence-corrected chi connectivity index (χ1v) is 6.44. The molecule has 0 saturated carbocycles. The highest BCUT2D eigenvalue weighted by atomic mass is 16.2. The summed E-state index contributed by atoms with van der Waals surface area (Å²) in [5.74, 6) is 0.950. The lowest BCUT2D eigenvalue weighted by molar-refractivity contribution is -0.135. The van der Waals surface area contributed by atoms with Gasteiger partial charge in [-0.1, -0.05) is 13.8 Å². The Morgan fingerprint density at radius 3 is 2.75 bits per heavy atom. The predicted molar refractivity (Wildman–Crippen MR) is 67.4 cm³/mol. The van der Waals surface area contributed by atoms with E-state index in [4.69, 9.17) is 0 Å². The van der Waals surface area contributed by atoms with Gasteiger partial charge in [0.25, 0.3) is 0 Å². The lowest BCUT2D eigenvalue weighted by atomic mass is 9.98. The van der Waals surface area contributed by atoms with Gasteiger partial charge in [-0.15, -0.1) is 0 Å². The van der Waals surface area contributed by atoms with E-state index in [1.54, 1.807) is 0 Å². The molecule has 1 heterocycles. The zero-order valence-electron chi connectivity index (χ0n) is 11.2. The molecule has 1 aliphatic heterocycles. The minimum atomic E-state index is 0.0445. The van der Waals surface area contributed by atoms with Crippen LogP contribution in [0.1, 0.15) is 46.5 Å². The molecule has 1 atom stereocenters. The molecule has 1 saturated heterocycles. The maximum atomic E-state index is 12.1. The second kappa shape index (κ2) is 5.67. The summed E-state index contributed by atoms with van der Waals surface area (Å²) in [7, 11) is 1.96. The lowest BCUT2D eigenvalue weighted by Gasteiger charge is -2.35. The van der Waals surface area contributed by atoms with Gasteiger partial charge in [0.2, 0.25) is 5.91 Å². The molecule has 0 aromatic rings. The van der Waals surface area contributed by atoms with Gasteiger partial charge in [-0.3, -0.25) is 4.79 Å². The zero-order chi connectivity index (χ0) is 12.2. The summed E-state index contributed by atoms with van der Waals surface area (Å²) in [6.07, 6.45) is 3.98. The smallest absolute Gasteiger partial charge is 0.223 e. The first-order valence-electron chi connectivity index (χ1n) is 6.44. The molecule has 0 radical (unpaired) electrons. The van der Waals surface area contributed by atoms with Gasteiger partial charge >= 0.3 is 0 Å². The van der Waals surface area contributed by atoms with Gasteiger partial charge in [0.15, 0.2) is 0 Å². The maximum absolute atomic E-state index is 12.1. The Bertz CT molecular complexity index is 240. The van der Waals surface area contributed by atoms with E-state index in [0.29, 0.717) is 18.2 Å². The fraction of sp³-hybridized carbons (Fsp3) is 0.923. The van der Waals surface area contributed by atoms with Crippen LogP contribution in [-0.2, 0) is 4.79 Å². The molecule has 1 N–H and O–H groups in total. The van der Waals surface area contributed by atoms with Crippen molar-refractivity contribution in [3.05, 3.63) is 0 Å². The van der Waals surface area contributed by atoms with Crippen molar-refractivity contribution in [2.45, 2.75) is 52.0 Å². The second-order valence-corrected chi connectivity index (χ2v) is 5.61. The van der Waals surface area contributed by atoms with E-state index in [1.807, 2.05) is 7.05 Å². The third-order valence-corrected chi connectivity index (χ3v) is 3.54. The summed E-state index contributed by atoms with van der Waals surface area (Å²) >= 11 is 0. The average Bonchev–Trinajstić information content (AvgIpc) is 2.57. The average molecular weight is 226 g/mol. The number of hydrogen-bond donors (Lipinski definition) is 1. The molecule has 0 aromatic carbocycles. The van der Waals surface area contributed by atoms with Gasteiger partial charge in [0.05, 0.1) is 5.54 Å². The number of likely N-dealkylation sites (N-methyl/N-ethyl adjacent to an activating group) is 1. The van der Waals surface area contributed by atoms with Gasteiger partial charge in [0, 0.05) is 19.5 Å². The minimum absolute atomic E-state index is 0.0445. The summed E-state index contributed by atoms with van der Waals surface area (Å²) in [4.78, 5) is 14.2. The number of carbonyl (C=O) groups excluding carboxylic acids is 1. The van der Waals surface area contributed by atoms with E-state index in [2.05, 4.69) is 31.0 Å². The van der Waals surface area contributed by atoms with Crippen molar-refractivity contribution in [2.24, 2.45) is 5.92 Å². The van der Waals surface area contributed by atoms with Crippen LogP contribution < -0.4 is 5.32 Å². The van der Waals surface area contributed by atoms with Crippen molar-refractivity contribution in [3.8, 4) is 0 Å². The second-order valence-electron chi connectivity index (χ2n) is 5.61. The molecule has 3 nitrogen and oxygen atoms in total. The van der Waals surface area contributed by atoms with Gasteiger partial charge in [-0.05, 0) is 39.2 Å². The third kappa shape index (κ3) is 3.21. The quantitative estimate of drug-likeness (QED) is 0.778. The van der Waals surface area contributed by atoms with Crippen molar-refractivity contribution in [1.82, 2.24) is 10.2 Å². The normalized spacial score (nSPS) is 25.4. The van der Waals surface area contributed by atoms with E-state index in [-0.39, 0.29) is 5.54 Å². The van der Waals surface area contributed by atoms with Crippen LogP contribution in [0.4, 0.5) is 0 Å². The molecule has 3 heteroatoms. The van der Waals surface area contributed by atoms with Crippen LogP contribution in [-0.4, -0.2) is 36.5 Å². The molecular weight excluding hydrogens is 200 g/mol. The number of nitrogens with one attached hydrogen (secondary N) is 1. The van der Waals surface area contributed by atoms with Crippen molar-refractivity contribution in [1.29, 1.82) is 0 Å². The van der Waals surface area contributed by atoms with E-state index >= 15 is 0 Å². The van der Waals surface area contributed by atoms with Gasteiger partial charge in [-0.25, -0.2) is 0 Å². The molecule has 1 amide bonds. The molecule has 1 unspecified atom stereocenters. The lowest BCUT2D eigenvalue weighted by Crippen LogP contribution is -2.50. The highest BCUT2D eigenvalue weighted by Gasteiger charge is 2.38. The number of carbonyl (C=O) groups is 1. The SMILES string of the molecule is CNCC1(C)CCCN1C(=O)CCC(C)C. The van der Waals surface area contributed by atoms with Gasteiger partial charge < -0.3 is 10.2 Å². The summed E-state index contributed by atoms with van der Waals surface area (Å²) in [6.45, 7) is 8.38. The molecule has 94 valence electrons. The molecule has 1 aliphatic rings. The van der Waals surface area contributed by atoms with E-state index in [0.717, 1.165) is 32.4 Å². The van der Waals surface area contributed by atoms with Crippen molar-refractivity contribution < 1.29 is 4.79 Å². The number of hydrogen-bond acceptors (Lipinski definition) is 2. The van der Waals surface area contributed by atoms with Crippen LogP contribution in [0.2, 0.25) is 0 Å². The Hall–Kier alpha value is -0.570. The highest BCUT2D eigenvalue weighted by Crippen LogP contribution is 2.29. The largest absolute Gasteiger partial charge is 0.336 e. The summed E-state index contributed by atoms with van der Waals surface area (Å²) in [5.41, 5.74) is 0.0445. The first-order chi connectivity index (χ1) is 7.49. The summed E-state index contributed by atoms with van der Waals surface area (Å²) in [6, 6.07) is 0. The number of nitrogens with zero attached hydrogens (tertiary/aromatic N) is 1. The van der Waals surface area contributed by atoms with E-state index in [1.165, 1.54) is 0 Å². The summed E-state index contributed by atoms with van der Waals surface area (Å²) < 4.78 is 0. The molecule has 0 aromatic heterocycles. The first kappa shape index (κ1) is 13.5. The topological polar surface area (TPSA) is 32.3 Å². The fourth-order valence-electron chi connectivity index (χ4n) is 2.56. The number of amides is 1. The van der Waals surface area contributed by atoms with Crippen molar-refractivity contribution >= 4 is 5.91 Å². The van der Waals surface area contributed by atoms with Gasteiger partial charge in [-0.2, -0.15) is 0 Å². The van der Waals surface area contributed by atoms with Crippen molar-refractivity contribution in [2.75, 3.05) is 20.1 Å². The Kier molecular flexibility index (Phi) is 4.78. The van der Waals surface area contributed by atoms with Crippen LogP contribution in [0.15, 0.2) is 0 Å². The highest BCUT2D eigenvalue weighted by molar-refractivity contribution is 5.77. The Balaban J connectivity index is 2.53. The Labute approximate surface area is 99.6 Å². The Morgan fingerprint density at radius 2 is 2.19 bits per heavy atom. The maximum Gasteiger partial charge on any atom is 0.223 e. The molecule has 1 fully saturated rings. The van der Waals surface area contributed by atoms with Crippen LogP contribution in [0.3, 0.4) is 0 Å². The molecule has 0 aliphatic carbocycles. The van der Waals surface area contributed by atoms with Crippen LogP contribution >= 0.6 is 0 Å². The number of likely N-dealkylation sites (tertiary alicyclic amines) is 1. The predicted octanol–water partition coefficient (Wildman–Crippen LogP) is 2.02. The minimum Gasteiger partial charge on any atom is -0.336 e. The van der Waals surface area contributed by atoms with Crippen LogP contribution in [0.25, 0.3) is 0 Å². The standard InChI is InChI=1S/C13H26N2O/c1-11(2)6-7-12(16)15-9-5-8-13(15,3)10-14-4/h11,14H,5-10H2,1-4H3. The monoisotopic (exact) mass is 226 g/mol. The van der Waals surface area contributed by atoms with Crippen LogP contribution in [0.5, 0.6) is 0 Å². The van der Waals surface area contributed by atoms with E-state index in [9.17, 15) is 4.79 Å². The molecule has 0 bridgehead atoms. The van der Waals surface area contributed by atoms with Crippen molar-refractivity contribution in [3.63, 3.8) is 0 Å². The molecule has 0 spiro atoms. The Morgan fingerprint density at radius 1 is 1.50 bits per heavy atom. The van der Waals surface area contributed by atoms with Gasteiger partial charge in [0.1, 0.15) is 0 Å². The molecular formula is C13H26N2O.